The summed E-state index contributed by atoms with van der Waals surface area (Å²) in [6.07, 6.45) is 9.60. The van der Waals surface area contributed by atoms with E-state index in [1.54, 1.807) is 12.3 Å². The summed E-state index contributed by atoms with van der Waals surface area (Å²) in [5.41, 5.74) is 2.90. The second-order valence-corrected chi connectivity index (χ2v) is 9.59. The van der Waals surface area contributed by atoms with Crippen LogP contribution in [-0.2, 0) is 22.6 Å². The number of aromatic nitrogens is 2. The van der Waals surface area contributed by atoms with Gasteiger partial charge in [-0.2, -0.15) is 5.10 Å². The molecule has 2 aliphatic rings. The number of fused-ring (bicyclic) bond motifs is 1. The average molecular weight is 444 g/mol. The predicted molar refractivity (Wildman–Crippen MR) is 124 cm³/mol. The maximum absolute atomic E-state index is 12.9. The Balaban J connectivity index is 1.75. The van der Waals surface area contributed by atoms with Gasteiger partial charge in [-0.05, 0) is 49.2 Å². The van der Waals surface area contributed by atoms with Gasteiger partial charge in [-0.3, -0.25) is 14.3 Å². The molecule has 2 heterocycles. The zero-order valence-corrected chi connectivity index (χ0v) is 19.3. The van der Waals surface area contributed by atoms with Crippen molar-refractivity contribution in [3.8, 4) is 0 Å². The molecule has 0 saturated heterocycles. The average Bonchev–Trinajstić information content (AvgIpc) is 3.13. The normalized spacial score (nSPS) is 22.9. The molecular weight excluding hydrogens is 409 g/mol. The van der Waals surface area contributed by atoms with Crippen LogP contribution in [0.5, 0.6) is 0 Å². The molecule has 3 rings (SSSR count). The molecule has 1 aromatic rings. The van der Waals surface area contributed by atoms with Crippen LogP contribution in [0.1, 0.15) is 64.1 Å². The molecule has 1 aliphatic carbocycles. The number of allylic oxidation sites excluding steroid dienone is 2. The molecule has 0 bridgehead atoms. The van der Waals surface area contributed by atoms with Crippen molar-refractivity contribution < 1.29 is 14.0 Å². The van der Waals surface area contributed by atoms with E-state index in [-0.39, 0.29) is 35.0 Å². The van der Waals surface area contributed by atoms with Crippen LogP contribution < -0.4 is 10.6 Å². The summed E-state index contributed by atoms with van der Waals surface area (Å²) in [4.78, 5) is 28.4. The van der Waals surface area contributed by atoms with Crippen molar-refractivity contribution in [2.24, 2.45) is 16.3 Å². The number of nitrogens with one attached hydrogen (secondary N) is 2. The topological polar surface area (TPSA) is 88.4 Å². The number of aryl methyl sites for hydroxylation is 1. The minimum absolute atomic E-state index is 0.00367. The summed E-state index contributed by atoms with van der Waals surface area (Å²) in [6, 6.07) is -0.00367. The maximum atomic E-state index is 12.9. The van der Waals surface area contributed by atoms with E-state index in [4.69, 9.17) is 0 Å². The molecule has 0 spiro atoms. The summed E-state index contributed by atoms with van der Waals surface area (Å²) in [6.45, 7) is 10.3. The molecule has 1 aliphatic heterocycles. The first-order valence-electron chi connectivity index (χ1n) is 11.3. The predicted octanol–water partition coefficient (Wildman–Crippen LogP) is 3.56. The lowest BCUT2D eigenvalue weighted by Gasteiger charge is -2.30. The number of carbonyl (C=O) groups is 2. The van der Waals surface area contributed by atoms with Gasteiger partial charge in [0.25, 0.3) is 0 Å². The Kier molecular flexibility index (Phi) is 7.64. The highest BCUT2D eigenvalue weighted by Crippen LogP contribution is 2.34. The van der Waals surface area contributed by atoms with Crippen molar-refractivity contribution in [3.63, 3.8) is 0 Å². The van der Waals surface area contributed by atoms with Crippen LogP contribution in [0.4, 0.5) is 4.39 Å². The molecule has 0 radical (unpaired) electrons. The van der Waals surface area contributed by atoms with Crippen LogP contribution in [0.25, 0.3) is 5.57 Å². The second kappa shape index (κ2) is 10.2. The van der Waals surface area contributed by atoms with Crippen molar-refractivity contribution in [2.45, 2.75) is 71.9 Å². The van der Waals surface area contributed by atoms with Crippen molar-refractivity contribution in [3.05, 3.63) is 35.9 Å². The molecule has 1 aromatic heterocycles. The first kappa shape index (κ1) is 23.9. The van der Waals surface area contributed by atoms with Gasteiger partial charge < -0.3 is 10.6 Å². The Morgan fingerprint density at radius 3 is 2.91 bits per heavy atom. The van der Waals surface area contributed by atoms with Crippen LogP contribution >= 0.6 is 0 Å². The molecule has 0 aromatic carbocycles. The van der Waals surface area contributed by atoms with Crippen molar-refractivity contribution in [2.75, 3.05) is 6.67 Å². The fraction of sp³-hybridized carbons (Fsp3) is 0.583. The van der Waals surface area contributed by atoms with Gasteiger partial charge in [0.1, 0.15) is 12.5 Å². The van der Waals surface area contributed by atoms with Gasteiger partial charge in [-0.25, -0.2) is 9.38 Å². The third kappa shape index (κ3) is 6.14. The van der Waals surface area contributed by atoms with E-state index in [0.717, 1.165) is 56.1 Å². The van der Waals surface area contributed by atoms with Crippen molar-refractivity contribution in [1.29, 1.82) is 0 Å². The Labute approximate surface area is 189 Å². The van der Waals surface area contributed by atoms with Gasteiger partial charge >= 0.3 is 0 Å². The van der Waals surface area contributed by atoms with Crippen LogP contribution in [0.3, 0.4) is 0 Å². The zero-order chi connectivity index (χ0) is 23.3. The summed E-state index contributed by atoms with van der Waals surface area (Å²) in [5, 5.41) is 10.2. The van der Waals surface area contributed by atoms with Gasteiger partial charge in [0.05, 0.1) is 6.20 Å². The van der Waals surface area contributed by atoms with Crippen LogP contribution in [0, 0.1) is 11.3 Å². The Morgan fingerprint density at radius 2 is 2.19 bits per heavy atom. The molecule has 1 saturated carbocycles. The molecule has 0 unspecified atom stereocenters. The minimum Gasteiger partial charge on any atom is -0.354 e. The van der Waals surface area contributed by atoms with E-state index in [1.165, 1.54) is 6.92 Å². The Hall–Kier alpha value is -2.77. The standard InChI is InChI=1S/C24H34FN5O2/c1-16(20-15-27-30-11-8-24(3,4)14-21(20)30)12-22(26-10-9-25)29-23(32)18-6-5-7-19(13-18)28-17(2)31/h10,12,15,18-19H,1,5-9,11,13-14H2,2-4H3,(H,28,31)(H,29,32)/b22-12+,26-10?/t18-,19+/m0/s1. The number of carbonyl (C=O) groups excluding carboxylic acids is 2. The largest absolute Gasteiger partial charge is 0.354 e. The van der Waals surface area contributed by atoms with E-state index < -0.39 is 6.67 Å². The van der Waals surface area contributed by atoms with E-state index in [2.05, 4.69) is 41.2 Å². The second-order valence-electron chi connectivity index (χ2n) is 9.59. The monoisotopic (exact) mass is 443 g/mol. The zero-order valence-electron chi connectivity index (χ0n) is 19.3. The number of hydrogen-bond donors (Lipinski definition) is 2. The molecular formula is C24H34FN5O2. The highest BCUT2D eigenvalue weighted by molar-refractivity contribution is 5.83. The first-order valence-corrected chi connectivity index (χ1v) is 11.3. The van der Waals surface area contributed by atoms with Gasteiger partial charge in [-0.15, -0.1) is 0 Å². The first-order chi connectivity index (χ1) is 15.2. The molecule has 2 atom stereocenters. The van der Waals surface area contributed by atoms with Gasteiger partial charge in [0.15, 0.2) is 0 Å². The fourth-order valence-corrected chi connectivity index (χ4v) is 4.56. The Bertz CT molecular complexity index is 931. The SMILES string of the molecule is C=C(/C=C(\N=CCF)NC(=O)[C@H]1CCC[C@@H](NC(C)=O)C1)c1cnn2c1CC(C)(C)CC2. The smallest absolute Gasteiger partial charge is 0.228 e. The summed E-state index contributed by atoms with van der Waals surface area (Å²) >= 11 is 0. The van der Waals surface area contributed by atoms with E-state index >= 15 is 0 Å². The number of rotatable bonds is 7. The molecule has 7 nitrogen and oxygen atoms in total. The fourth-order valence-electron chi connectivity index (χ4n) is 4.56. The lowest BCUT2D eigenvalue weighted by molar-refractivity contribution is -0.126. The maximum Gasteiger partial charge on any atom is 0.228 e. The number of hydrogen-bond acceptors (Lipinski definition) is 4. The van der Waals surface area contributed by atoms with Gasteiger partial charge in [0.2, 0.25) is 11.8 Å². The molecule has 1 fully saturated rings. The number of alkyl halides is 1. The van der Waals surface area contributed by atoms with E-state index in [9.17, 15) is 14.0 Å². The summed E-state index contributed by atoms with van der Waals surface area (Å²) in [5.74, 6) is -0.238. The minimum atomic E-state index is -0.731. The summed E-state index contributed by atoms with van der Waals surface area (Å²) in [7, 11) is 0. The van der Waals surface area contributed by atoms with Crippen LogP contribution in [0.2, 0.25) is 0 Å². The molecule has 8 heteroatoms. The van der Waals surface area contributed by atoms with Gasteiger partial charge in [-0.1, -0.05) is 26.8 Å². The van der Waals surface area contributed by atoms with Gasteiger partial charge in [0, 0.05) is 42.9 Å². The lowest BCUT2D eigenvalue weighted by atomic mass is 9.81. The molecule has 174 valence electrons. The summed E-state index contributed by atoms with van der Waals surface area (Å²) < 4.78 is 14.8. The van der Waals surface area contributed by atoms with E-state index in [0.29, 0.717) is 12.0 Å². The third-order valence-corrected chi connectivity index (χ3v) is 6.26. The highest BCUT2D eigenvalue weighted by atomic mass is 19.1. The highest BCUT2D eigenvalue weighted by Gasteiger charge is 2.29. The number of aliphatic imine (C=N–C) groups is 1. The lowest BCUT2D eigenvalue weighted by Crippen LogP contribution is -2.41. The Morgan fingerprint density at radius 1 is 1.41 bits per heavy atom. The van der Waals surface area contributed by atoms with E-state index in [1.807, 2.05) is 4.68 Å². The van der Waals surface area contributed by atoms with Crippen LogP contribution in [-0.4, -0.2) is 40.5 Å². The number of halogens is 1. The van der Waals surface area contributed by atoms with Crippen molar-refractivity contribution >= 4 is 23.6 Å². The quantitative estimate of drug-likeness (QED) is 0.499. The number of amides is 2. The van der Waals surface area contributed by atoms with Crippen LogP contribution in [0.15, 0.2) is 29.7 Å². The molecule has 2 amide bonds. The van der Waals surface area contributed by atoms with Crippen molar-refractivity contribution in [1.82, 2.24) is 20.4 Å². The third-order valence-electron chi connectivity index (χ3n) is 6.26. The molecule has 2 N–H and O–H groups in total. The molecule has 32 heavy (non-hydrogen) atoms. The number of nitrogens with zero attached hydrogens (tertiary/aromatic N) is 3.